The van der Waals surface area contributed by atoms with Crippen molar-refractivity contribution in [2.45, 2.75) is 49.8 Å². The first-order chi connectivity index (χ1) is 18.1. The molecule has 0 amide bonds. The Hall–Kier alpha value is -3.87. The number of alkyl halides is 3. The molecule has 3 heterocycles. The van der Waals surface area contributed by atoms with E-state index in [2.05, 4.69) is 42.3 Å². The second-order valence-electron chi connectivity index (χ2n) is 9.67. The molecule has 2 N–H and O–H groups in total. The van der Waals surface area contributed by atoms with Crippen LogP contribution < -0.4 is 0 Å². The summed E-state index contributed by atoms with van der Waals surface area (Å²) in [5.41, 5.74) is 1.35. The molecule has 2 aliphatic carbocycles. The molecular weight excluding hydrogens is 509 g/mol. The van der Waals surface area contributed by atoms with Crippen LogP contribution in [0.4, 0.5) is 22.0 Å². The molecule has 4 aromatic rings. The van der Waals surface area contributed by atoms with Crippen LogP contribution in [0, 0.1) is 17.6 Å². The van der Waals surface area contributed by atoms with E-state index in [1.807, 2.05) is 0 Å². The van der Waals surface area contributed by atoms with Gasteiger partial charge in [-0.2, -0.15) is 23.4 Å². The van der Waals surface area contributed by atoms with Gasteiger partial charge in [0, 0.05) is 6.20 Å². The summed E-state index contributed by atoms with van der Waals surface area (Å²) in [6.07, 6.45) is -2.68. The Morgan fingerprint density at radius 1 is 1.08 bits per heavy atom. The predicted octanol–water partition coefficient (Wildman–Crippen LogP) is 4.80. The summed E-state index contributed by atoms with van der Waals surface area (Å²) in [6, 6.07) is 5.31. The molecule has 6 rings (SSSR count). The fraction of sp³-hybridized carbons (Fsp3) is 0.360. The lowest BCUT2D eigenvalue weighted by Gasteiger charge is -2.30. The lowest BCUT2D eigenvalue weighted by atomic mass is 9.76. The molecule has 1 fully saturated rings. The van der Waals surface area contributed by atoms with Gasteiger partial charge in [0.05, 0.1) is 34.3 Å². The van der Waals surface area contributed by atoms with E-state index in [9.17, 15) is 27.1 Å². The molecule has 8 nitrogen and oxygen atoms in total. The Balaban J connectivity index is 1.42. The highest BCUT2D eigenvalue weighted by Gasteiger charge is 2.57. The second-order valence-corrected chi connectivity index (χ2v) is 9.67. The van der Waals surface area contributed by atoms with Crippen molar-refractivity contribution in [3.8, 4) is 22.8 Å². The maximum absolute atomic E-state index is 14.5. The van der Waals surface area contributed by atoms with Gasteiger partial charge in [0.2, 0.25) is 6.10 Å². The van der Waals surface area contributed by atoms with Crippen molar-refractivity contribution in [3.63, 3.8) is 0 Å². The van der Waals surface area contributed by atoms with Crippen molar-refractivity contribution in [3.05, 3.63) is 71.1 Å². The minimum Gasteiger partial charge on any atom is -0.377 e. The van der Waals surface area contributed by atoms with Gasteiger partial charge in [-0.1, -0.05) is 19.4 Å². The highest BCUT2D eigenvalue weighted by atomic mass is 19.4. The smallest absolute Gasteiger partial charge is 0.377 e. The average molecular weight is 529 g/mol. The summed E-state index contributed by atoms with van der Waals surface area (Å²) in [4.78, 5) is 12.7. The summed E-state index contributed by atoms with van der Waals surface area (Å²) in [7, 11) is 0. The van der Waals surface area contributed by atoms with Crippen LogP contribution >= 0.6 is 0 Å². The van der Waals surface area contributed by atoms with Gasteiger partial charge < -0.3 is 5.11 Å². The zero-order valence-electron chi connectivity index (χ0n) is 19.8. The van der Waals surface area contributed by atoms with Crippen LogP contribution in [0.3, 0.4) is 0 Å². The van der Waals surface area contributed by atoms with E-state index in [4.69, 9.17) is 0 Å². The zero-order valence-corrected chi connectivity index (χ0v) is 19.8. The molecule has 1 unspecified atom stereocenters. The van der Waals surface area contributed by atoms with Gasteiger partial charge in [-0.15, -0.1) is 5.10 Å². The molecule has 1 aromatic carbocycles. The third-order valence-corrected chi connectivity index (χ3v) is 7.59. The summed E-state index contributed by atoms with van der Waals surface area (Å²) in [5, 5.41) is 23.9. The molecule has 1 saturated carbocycles. The number of hydrogen-bond donors (Lipinski definition) is 2. The van der Waals surface area contributed by atoms with Crippen LogP contribution in [-0.4, -0.2) is 46.6 Å². The van der Waals surface area contributed by atoms with Gasteiger partial charge in [0.15, 0.2) is 11.6 Å². The average Bonchev–Trinajstić information content (AvgIpc) is 3.61. The lowest BCUT2D eigenvalue weighted by Crippen LogP contribution is -2.29. The van der Waals surface area contributed by atoms with Gasteiger partial charge in [-0.3, -0.25) is 10.1 Å². The molecule has 0 spiro atoms. The van der Waals surface area contributed by atoms with Gasteiger partial charge in [-0.25, -0.2) is 18.7 Å². The minimum absolute atomic E-state index is 0.0587. The first-order valence-electron chi connectivity index (χ1n) is 11.9. The fourth-order valence-electron chi connectivity index (χ4n) is 5.83. The van der Waals surface area contributed by atoms with Crippen LogP contribution in [0.5, 0.6) is 0 Å². The SMILES string of the molecule is CCC1C[C@@]2(c3cncc(-c4nc([C@H](O)C(F)(F)F)n[nH]4)n3)C[C@@H]1c1cc(-c3c(F)cccc3F)nnc12. The predicted molar refractivity (Wildman–Crippen MR) is 122 cm³/mol. The largest absolute Gasteiger partial charge is 0.421 e. The Morgan fingerprint density at radius 3 is 2.55 bits per heavy atom. The van der Waals surface area contributed by atoms with Crippen molar-refractivity contribution in [2.75, 3.05) is 0 Å². The van der Waals surface area contributed by atoms with Crippen LogP contribution in [0.2, 0.25) is 0 Å². The number of aliphatic hydroxyl groups is 1. The number of aromatic amines is 1. The number of halogens is 5. The molecule has 4 atom stereocenters. The highest BCUT2D eigenvalue weighted by molar-refractivity contribution is 5.63. The number of aromatic nitrogens is 7. The van der Waals surface area contributed by atoms with Gasteiger partial charge in [0.25, 0.3) is 0 Å². The summed E-state index contributed by atoms with van der Waals surface area (Å²) in [6.45, 7) is 2.06. The molecule has 3 aromatic heterocycles. The Bertz CT molecular complexity index is 1520. The Morgan fingerprint density at radius 2 is 1.84 bits per heavy atom. The lowest BCUT2D eigenvalue weighted by molar-refractivity contribution is -0.209. The van der Waals surface area contributed by atoms with Gasteiger partial charge in [-0.05, 0) is 48.4 Å². The van der Waals surface area contributed by atoms with Gasteiger partial charge in [0.1, 0.15) is 17.3 Å². The first kappa shape index (κ1) is 24.5. The normalized spacial score (nSPS) is 23.0. The molecular formula is C25H20F5N7O. The Labute approximate surface area is 212 Å². The summed E-state index contributed by atoms with van der Waals surface area (Å²) < 4.78 is 67.6. The van der Waals surface area contributed by atoms with Gasteiger partial charge >= 0.3 is 6.18 Å². The van der Waals surface area contributed by atoms with E-state index in [0.29, 0.717) is 24.2 Å². The van der Waals surface area contributed by atoms with Crippen LogP contribution in [0.15, 0.2) is 36.7 Å². The summed E-state index contributed by atoms with van der Waals surface area (Å²) in [5.74, 6) is -2.06. The van der Waals surface area contributed by atoms with Crippen molar-refractivity contribution in [1.29, 1.82) is 0 Å². The first-order valence-corrected chi connectivity index (χ1v) is 11.9. The second kappa shape index (κ2) is 8.58. The standard InChI is InChI=1S/C25H20F5N7O/c1-2-11-7-24(18-10-31-9-17(32-18)22-33-23(37-36-22)21(38)25(28,29)30)8-13(11)12-6-16(34-35-20(12)24)19-14(26)4-3-5-15(19)27/h3-6,9-11,13,21,38H,2,7-8H2,1H3,(H,33,36,37)/t11?,13-,21-,24-/m0/s1. The van der Waals surface area contributed by atoms with Crippen LogP contribution in [0.25, 0.3) is 22.8 Å². The molecule has 0 aliphatic heterocycles. The number of H-pyrrole nitrogens is 1. The number of nitrogens with one attached hydrogen (secondary N) is 1. The van der Waals surface area contributed by atoms with E-state index in [1.165, 1.54) is 24.4 Å². The van der Waals surface area contributed by atoms with Crippen LogP contribution in [-0.2, 0) is 5.41 Å². The maximum Gasteiger partial charge on any atom is 0.421 e. The Kier molecular flexibility index (Phi) is 5.53. The number of nitrogens with zero attached hydrogens (tertiary/aromatic N) is 6. The molecule has 38 heavy (non-hydrogen) atoms. The van der Waals surface area contributed by atoms with E-state index >= 15 is 0 Å². The number of aliphatic hydroxyl groups excluding tert-OH is 1. The monoisotopic (exact) mass is 529 g/mol. The minimum atomic E-state index is -4.92. The third kappa shape index (κ3) is 3.67. The van der Waals surface area contributed by atoms with E-state index < -0.39 is 35.2 Å². The number of fused-ring (bicyclic) bond motifs is 5. The van der Waals surface area contributed by atoms with Crippen molar-refractivity contribution < 1.29 is 27.1 Å². The molecule has 2 bridgehead atoms. The van der Waals surface area contributed by atoms with E-state index in [1.54, 1.807) is 12.3 Å². The van der Waals surface area contributed by atoms with Crippen molar-refractivity contribution in [2.24, 2.45) is 5.92 Å². The molecule has 0 radical (unpaired) electrons. The van der Waals surface area contributed by atoms with Crippen molar-refractivity contribution >= 4 is 0 Å². The fourth-order valence-corrected chi connectivity index (χ4v) is 5.83. The molecule has 2 aliphatic rings. The van der Waals surface area contributed by atoms with E-state index in [-0.39, 0.29) is 34.6 Å². The topological polar surface area (TPSA) is 113 Å². The number of hydrogen-bond acceptors (Lipinski definition) is 7. The molecule has 196 valence electrons. The number of benzene rings is 1. The third-order valence-electron chi connectivity index (χ3n) is 7.59. The quantitative estimate of drug-likeness (QED) is 0.357. The highest BCUT2D eigenvalue weighted by Crippen LogP contribution is 2.62. The molecule has 0 saturated heterocycles. The number of rotatable bonds is 5. The maximum atomic E-state index is 14.5. The van der Waals surface area contributed by atoms with E-state index in [0.717, 1.165) is 12.0 Å². The van der Waals surface area contributed by atoms with Crippen LogP contribution in [0.1, 0.15) is 61.0 Å². The molecule has 13 heteroatoms. The van der Waals surface area contributed by atoms with Crippen molar-refractivity contribution in [1.82, 2.24) is 35.3 Å². The summed E-state index contributed by atoms with van der Waals surface area (Å²) >= 11 is 0. The zero-order chi connectivity index (χ0) is 26.8.